The molecule has 15 rings (SSSR count). The summed E-state index contributed by atoms with van der Waals surface area (Å²) in [6, 6.07) is 94.7. The van der Waals surface area contributed by atoms with Crippen molar-refractivity contribution in [1.82, 2.24) is 4.57 Å². The first-order valence-corrected chi connectivity index (χ1v) is 26.5. The summed E-state index contributed by atoms with van der Waals surface area (Å²) in [4.78, 5) is 2.53. The van der Waals surface area contributed by atoms with E-state index in [-0.39, 0.29) is 5.41 Å². The summed E-state index contributed by atoms with van der Waals surface area (Å²) >= 11 is 1.91. The Morgan fingerprint density at radius 3 is 1.58 bits per heavy atom. The third-order valence-corrected chi connectivity index (χ3v) is 17.2. The maximum atomic E-state index is 2.53. The molecule has 0 atom stereocenters. The molecule has 1 aliphatic carbocycles. The maximum Gasteiger partial charge on any atom is 0.0618 e. The second-order valence-corrected chi connectivity index (χ2v) is 21.4. The molecule has 2 heterocycles. The molecule has 0 fully saturated rings. The minimum atomic E-state index is -0.159. The number of hydrogen-bond donors (Lipinski definition) is 0. The highest BCUT2D eigenvalue weighted by atomic mass is 32.1. The van der Waals surface area contributed by atoms with E-state index in [4.69, 9.17) is 0 Å². The van der Waals surface area contributed by atoms with Gasteiger partial charge < -0.3 is 9.47 Å². The fourth-order valence-corrected chi connectivity index (χ4v) is 13.7. The normalized spacial score (nSPS) is 12.8. The van der Waals surface area contributed by atoms with E-state index >= 15 is 0 Å². The van der Waals surface area contributed by atoms with Crippen LogP contribution in [0.3, 0.4) is 0 Å². The van der Waals surface area contributed by atoms with Crippen molar-refractivity contribution in [1.29, 1.82) is 0 Å². The molecule has 3 heteroatoms. The first-order chi connectivity index (χ1) is 36.5. The van der Waals surface area contributed by atoms with Crippen LogP contribution >= 0.6 is 11.3 Å². The lowest BCUT2D eigenvalue weighted by atomic mass is 9.82. The summed E-state index contributed by atoms with van der Waals surface area (Å²) in [6.45, 7) is 4.75. The lowest BCUT2D eigenvalue weighted by Crippen LogP contribution is -2.17. The zero-order chi connectivity index (χ0) is 49.1. The molecule has 74 heavy (non-hydrogen) atoms. The van der Waals surface area contributed by atoms with Crippen LogP contribution in [0.2, 0.25) is 0 Å². The summed E-state index contributed by atoms with van der Waals surface area (Å²) in [5, 5.41) is 9.99. The summed E-state index contributed by atoms with van der Waals surface area (Å²) in [5.41, 5.74) is 19.4. The Bertz CT molecular complexity index is 4480. The Labute approximate surface area is 434 Å². The van der Waals surface area contributed by atoms with Gasteiger partial charge in [0.25, 0.3) is 0 Å². The van der Waals surface area contributed by atoms with Gasteiger partial charge in [0, 0.05) is 64.2 Å². The van der Waals surface area contributed by atoms with E-state index in [0.717, 1.165) is 17.1 Å². The van der Waals surface area contributed by atoms with E-state index in [0.29, 0.717) is 0 Å². The van der Waals surface area contributed by atoms with Gasteiger partial charge in [0.2, 0.25) is 0 Å². The molecule has 0 saturated carbocycles. The zero-order valence-electron chi connectivity index (χ0n) is 41.1. The number of nitrogens with zero attached hydrogens (tertiary/aromatic N) is 2. The Morgan fingerprint density at radius 2 is 0.892 bits per heavy atom. The van der Waals surface area contributed by atoms with Gasteiger partial charge in [-0.2, -0.15) is 0 Å². The Hall–Kier alpha value is -9.02. The van der Waals surface area contributed by atoms with Crippen LogP contribution < -0.4 is 4.90 Å². The third kappa shape index (κ3) is 6.43. The predicted octanol–water partition coefficient (Wildman–Crippen LogP) is 20.2. The van der Waals surface area contributed by atoms with Crippen molar-refractivity contribution in [3.63, 3.8) is 0 Å². The van der Waals surface area contributed by atoms with Crippen molar-refractivity contribution < 1.29 is 0 Å². The van der Waals surface area contributed by atoms with E-state index < -0.39 is 0 Å². The Morgan fingerprint density at radius 1 is 0.365 bits per heavy atom. The number of rotatable bonds is 7. The molecule has 0 amide bonds. The largest absolute Gasteiger partial charge is 0.309 e. The van der Waals surface area contributed by atoms with E-state index in [2.05, 4.69) is 278 Å². The smallest absolute Gasteiger partial charge is 0.0618 e. The van der Waals surface area contributed by atoms with Crippen LogP contribution in [0.4, 0.5) is 17.1 Å². The van der Waals surface area contributed by atoms with Crippen LogP contribution in [-0.2, 0) is 5.41 Å². The van der Waals surface area contributed by atoms with E-state index in [1.165, 1.54) is 125 Å². The number of thiophene rings is 1. The molecular formula is C71H48N2S. The van der Waals surface area contributed by atoms with Gasteiger partial charge in [0.15, 0.2) is 0 Å². The Kier molecular flexibility index (Phi) is 9.51. The van der Waals surface area contributed by atoms with Crippen LogP contribution in [0.5, 0.6) is 0 Å². The molecule has 0 saturated heterocycles. The van der Waals surface area contributed by atoms with E-state index in [1.807, 2.05) is 11.3 Å². The standard InChI is InChI=1S/C71H48N2S/c1-71(2)62-27-15-13-21-53(62)54-39-38-52(44-63(54)71)72(50-34-29-47(30-35-50)45-17-5-3-6-18-45)69-58-25-11-9-23-56(58)67(57-24-10-12-26-59(57)69)49-33-41-64-61(43-49)68-65(42-40-60-55-22-14-16-28-66(55)74-70(60)68)73(64)51-36-31-48(32-37-51)46-19-7-4-8-20-46/h3-44H,1-2H3. The predicted molar refractivity (Wildman–Crippen MR) is 317 cm³/mol. The topological polar surface area (TPSA) is 8.17 Å². The molecule has 0 bridgehead atoms. The molecule has 0 unspecified atom stereocenters. The summed E-state index contributed by atoms with van der Waals surface area (Å²) in [6.07, 6.45) is 0. The van der Waals surface area contributed by atoms with Crippen LogP contribution in [0.1, 0.15) is 25.0 Å². The van der Waals surface area contributed by atoms with Gasteiger partial charge in [-0.3, -0.25) is 0 Å². The van der Waals surface area contributed by atoms with Crippen molar-refractivity contribution in [3.05, 3.63) is 266 Å². The molecule has 14 aromatic rings. The highest BCUT2D eigenvalue weighted by molar-refractivity contribution is 7.26. The van der Waals surface area contributed by atoms with E-state index in [1.54, 1.807) is 0 Å². The van der Waals surface area contributed by atoms with Crippen molar-refractivity contribution in [2.24, 2.45) is 0 Å². The molecule has 2 nitrogen and oxygen atoms in total. The Balaban J connectivity index is 0.974. The lowest BCUT2D eigenvalue weighted by molar-refractivity contribution is 0.660. The molecular weight excluding hydrogens is 913 g/mol. The lowest BCUT2D eigenvalue weighted by Gasteiger charge is -2.31. The molecule has 2 aromatic heterocycles. The second-order valence-electron chi connectivity index (χ2n) is 20.4. The SMILES string of the molecule is CC1(C)c2ccccc2-c2ccc(N(c3ccc(-c4ccccc4)cc3)c3c4ccccc4c(-c4ccc5c(c4)c4c6sc7ccccc7c6ccc4n5-c4ccc(-c5ccccc5)cc4)c4ccccc34)cc21. The molecule has 0 aliphatic heterocycles. The number of benzene rings is 12. The third-order valence-electron chi connectivity index (χ3n) is 16.0. The van der Waals surface area contributed by atoms with Crippen LogP contribution in [0.15, 0.2) is 255 Å². The van der Waals surface area contributed by atoms with Gasteiger partial charge in [-0.1, -0.05) is 208 Å². The van der Waals surface area contributed by atoms with Crippen molar-refractivity contribution in [2.45, 2.75) is 19.3 Å². The number of anilines is 3. The van der Waals surface area contributed by atoms with Gasteiger partial charge in [-0.05, 0) is 127 Å². The minimum Gasteiger partial charge on any atom is -0.309 e. The van der Waals surface area contributed by atoms with Gasteiger partial charge >= 0.3 is 0 Å². The summed E-state index contributed by atoms with van der Waals surface area (Å²) < 4.78 is 5.11. The van der Waals surface area contributed by atoms with Gasteiger partial charge in [-0.15, -0.1) is 11.3 Å². The molecule has 1 aliphatic rings. The average Bonchev–Trinajstić information content (AvgIpc) is 4.13. The number of hydrogen-bond acceptors (Lipinski definition) is 2. The van der Waals surface area contributed by atoms with Crippen LogP contribution in [0.25, 0.3) is 114 Å². The summed E-state index contributed by atoms with van der Waals surface area (Å²) in [5.74, 6) is 0. The number of aromatic nitrogens is 1. The first-order valence-electron chi connectivity index (χ1n) is 25.7. The fourth-order valence-electron chi connectivity index (χ4n) is 12.5. The molecule has 348 valence electrons. The molecule has 12 aromatic carbocycles. The second kappa shape index (κ2) is 16.5. The highest BCUT2D eigenvalue weighted by Gasteiger charge is 2.36. The fraction of sp³-hybridized carbons (Fsp3) is 0.0423. The summed E-state index contributed by atoms with van der Waals surface area (Å²) in [7, 11) is 0. The molecule has 0 radical (unpaired) electrons. The number of fused-ring (bicyclic) bond motifs is 12. The van der Waals surface area contributed by atoms with Crippen LogP contribution in [0, 0.1) is 0 Å². The van der Waals surface area contributed by atoms with Gasteiger partial charge in [-0.25, -0.2) is 0 Å². The van der Waals surface area contributed by atoms with Crippen LogP contribution in [-0.4, -0.2) is 4.57 Å². The minimum absolute atomic E-state index is 0.159. The monoisotopic (exact) mass is 960 g/mol. The zero-order valence-corrected chi connectivity index (χ0v) is 41.9. The van der Waals surface area contributed by atoms with Crippen molar-refractivity contribution in [3.8, 4) is 50.2 Å². The van der Waals surface area contributed by atoms with Gasteiger partial charge in [0.1, 0.15) is 0 Å². The van der Waals surface area contributed by atoms with E-state index in [9.17, 15) is 0 Å². The average molecular weight is 961 g/mol. The molecule has 0 spiro atoms. The molecule has 0 N–H and O–H groups in total. The quantitative estimate of drug-likeness (QED) is 0.145. The van der Waals surface area contributed by atoms with Crippen molar-refractivity contribution >= 4 is 91.9 Å². The first kappa shape index (κ1) is 42.6. The highest BCUT2D eigenvalue weighted by Crippen LogP contribution is 2.54. The van der Waals surface area contributed by atoms with Crippen molar-refractivity contribution in [2.75, 3.05) is 4.90 Å². The maximum absolute atomic E-state index is 2.53. The van der Waals surface area contributed by atoms with Gasteiger partial charge in [0.05, 0.1) is 16.7 Å².